The molecule has 1 aliphatic rings. The monoisotopic (exact) mass is 326 g/mol. The van der Waals surface area contributed by atoms with E-state index in [2.05, 4.69) is 0 Å². The molecular formula is C16H20ClFN2O2. The zero-order chi connectivity index (χ0) is 16.3. The van der Waals surface area contributed by atoms with Crippen molar-refractivity contribution in [3.05, 3.63) is 29.0 Å². The minimum absolute atomic E-state index is 0.0172. The van der Waals surface area contributed by atoms with Gasteiger partial charge < -0.3 is 9.80 Å². The number of piperidine rings is 1. The Kier molecular flexibility index (Phi) is 5.40. The molecule has 0 N–H and O–H groups in total. The average Bonchev–Trinajstić information content (AvgIpc) is 2.49. The van der Waals surface area contributed by atoms with Gasteiger partial charge in [-0.25, -0.2) is 4.39 Å². The van der Waals surface area contributed by atoms with Gasteiger partial charge in [-0.05, 0) is 38.0 Å². The molecule has 0 aliphatic carbocycles. The predicted molar refractivity (Wildman–Crippen MR) is 84.5 cm³/mol. The number of hydrogen-bond donors (Lipinski definition) is 0. The first-order valence-electron chi connectivity index (χ1n) is 7.41. The second kappa shape index (κ2) is 7.09. The largest absolute Gasteiger partial charge is 0.339 e. The highest BCUT2D eigenvalue weighted by atomic mass is 35.5. The average molecular weight is 327 g/mol. The van der Waals surface area contributed by atoms with E-state index in [9.17, 15) is 14.0 Å². The van der Waals surface area contributed by atoms with Gasteiger partial charge >= 0.3 is 0 Å². The number of rotatable bonds is 4. The zero-order valence-electron chi connectivity index (χ0n) is 12.8. The summed E-state index contributed by atoms with van der Waals surface area (Å²) in [6.45, 7) is 2.59. The number of nitrogens with zero attached hydrogens (tertiary/aromatic N) is 2. The van der Waals surface area contributed by atoms with Gasteiger partial charge in [0, 0.05) is 38.2 Å². The van der Waals surface area contributed by atoms with Crippen LogP contribution in [0.5, 0.6) is 0 Å². The Hall–Kier alpha value is -1.62. The van der Waals surface area contributed by atoms with Gasteiger partial charge in [-0.3, -0.25) is 9.59 Å². The maximum atomic E-state index is 13.2. The third-order valence-corrected chi connectivity index (χ3v) is 4.32. The van der Waals surface area contributed by atoms with E-state index in [1.165, 1.54) is 23.1 Å². The quantitative estimate of drug-likeness (QED) is 0.852. The summed E-state index contributed by atoms with van der Waals surface area (Å²) < 4.78 is 13.2. The van der Waals surface area contributed by atoms with Gasteiger partial charge in [0.05, 0.1) is 5.02 Å². The molecule has 0 spiro atoms. The molecule has 1 saturated heterocycles. The van der Waals surface area contributed by atoms with Gasteiger partial charge in [0.2, 0.25) is 11.8 Å². The molecule has 0 aromatic heterocycles. The van der Waals surface area contributed by atoms with E-state index in [4.69, 9.17) is 11.6 Å². The van der Waals surface area contributed by atoms with Crippen molar-refractivity contribution in [1.82, 2.24) is 4.90 Å². The van der Waals surface area contributed by atoms with Crippen LogP contribution in [0.1, 0.15) is 32.6 Å². The summed E-state index contributed by atoms with van der Waals surface area (Å²) in [5.74, 6) is -0.536. The molecule has 1 aliphatic heterocycles. The van der Waals surface area contributed by atoms with Crippen LogP contribution >= 0.6 is 11.6 Å². The first-order valence-corrected chi connectivity index (χ1v) is 7.79. The summed E-state index contributed by atoms with van der Waals surface area (Å²) in [6.07, 6.45) is 2.69. The lowest BCUT2D eigenvalue weighted by Crippen LogP contribution is -2.44. The number of halogens is 2. The molecule has 1 heterocycles. The van der Waals surface area contributed by atoms with Gasteiger partial charge in [-0.2, -0.15) is 0 Å². The van der Waals surface area contributed by atoms with Crippen LogP contribution < -0.4 is 4.90 Å². The smallest absolute Gasteiger partial charge is 0.228 e. The predicted octanol–water partition coefficient (Wildman–Crippen LogP) is 3.23. The van der Waals surface area contributed by atoms with E-state index in [0.29, 0.717) is 18.7 Å². The number of benzene rings is 1. The lowest BCUT2D eigenvalue weighted by molar-refractivity contribution is -0.136. The summed E-state index contributed by atoms with van der Waals surface area (Å²) >= 11 is 5.74. The van der Waals surface area contributed by atoms with E-state index in [1.54, 1.807) is 11.9 Å². The van der Waals surface area contributed by atoms with Crippen LogP contribution in [-0.4, -0.2) is 36.3 Å². The third-order valence-electron chi connectivity index (χ3n) is 4.03. The van der Waals surface area contributed by atoms with Crippen LogP contribution in [0.3, 0.4) is 0 Å². The molecule has 120 valence electrons. The molecule has 0 radical (unpaired) electrons. The van der Waals surface area contributed by atoms with E-state index in [1.807, 2.05) is 6.92 Å². The minimum atomic E-state index is -0.515. The Morgan fingerprint density at radius 2 is 2.18 bits per heavy atom. The van der Waals surface area contributed by atoms with E-state index >= 15 is 0 Å². The molecule has 1 aromatic carbocycles. The Labute approximate surface area is 134 Å². The molecule has 1 fully saturated rings. The van der Waals surface area contributed by atoms with Crippen LogP contribution in [0.4, 0.5) is 10.1 Å². The van der Waals surface area contributed by atoms with Crippen LogP contribution in [0.2, 0.25) is 5.02 Å². The highest BCUT2D eigenvalue weighted by molar-refractivity contribution is 6.31. The van der Waals surface area contributed by atoms with Crippen molar-refractivity contribution in [2.45, 2.75) is 38.6 Å². The molecular weight excluding hydrogens is 307 g/mol. The number of likely N-dealkylation sites (tertiary alicyclic amines) is 1. The Balaban J connectivity index is 2.01. The summed E-state index contributed by atoms with van der Waals surface area (Å²) in [5, 5.41) is -0.0172. The van der Waals surface area contributed by atoms with E-state index < -0.39 is 5.82 Å². The van der Waals surface area contributed by atoms with Crippen molar-refractivity contribution in [2.75, 3.05) is 18.5 Å². The second-order valence-electron chi connectivity index (χ2n) is 5.65. The van der Waals surface area contributed by atoms with Crippen LogP contribution in [-0.2, 0) is 9.59 Å². The van der Waals surface area contributed by atoms with Gasteiger partial charge in [0.25, 0.3) is 0 Å². The molecule has 0 unspecified atom stereocenters. The van der Waals surface area contributed by atoms with Crippen molar-refractivity contribution >= 4 is 29.1 Å². The standard InChI is InChI=1S/C16H20ClFN2O2/c1-11(20-8-4-3-5-15(20)21)9-16(22)19(2)12-6-7-14(18)13(17)10-12/h6-7,10-11H,3-5,8-9H2,1-2H3/t11-/m0/s1. The maximum Gasteiger partial charge on any atom is 0.228 e. The van der Waals surface area contributed by atoms with Crippen molar-refractivity contribution in [1.29, 1.82) is 0 Å². The molecule has 2 amide bonds. The fraction of sp³-hybridized carbons (Fsp3) is 0.500. The Morgan fingerprint density at radius 3 is 2.82 bits per heavy atom. The SMILES string of the molecule is C[C@@H](CC(=O)N(C)c1ccc(F)c(Cl)c1)N1CCCCC1=O. The fourth-order valence-corrected chi connectivity index (χ4v) is 2.81. The van der Waals surface area contributed by atoms with Gasteiger partial charge in [0.1, 0.15) is 5.82 Å². The molecule has 4 nitrogen and oxygen atoms in total. The molecule has 1 aromatic rings. The van der Waals surface area contributed by atoms with Gasteiger partial charge in [-0.1, -0.05) is 11.6 Å². The van der Waals surface area contributed by atoms with Crippen molar-refractivity contribution in [2.24, 2.45) is 0 Å². The lowest BCUT2D eigenvalue weighted by atomic mass is 10.1. The number of hydrogen-bond acceptors (Lipinski definition) is 2. The molecule has 22 heavy (non-hydrogen) atoms. The first kappa shape index (κ1) is 16.7. The summed E-state index contributed by atoms with van der Waals surface area (Å²) in [6, 6.07) is 4.03. The highest BCUT2D eigenvalue weighted by Gasteiger charge is 2.26. The van der Waals surface area contributed by atoms with Crippen LogP contribution in [0.25, 0.3) is 0 Å². The summed E-state index contributed by atoms with van der Waals surface area (Å²) in [4.78, 5) is 27.4. The molecule has 6 heteroatoms. The van der Waals surface area contributed by atoms with Crippen molar-refractivity contribution in [3.8, 4) is 0 Å². The van der Waals surface area contributed by atoms with E-state index in [0.717, 1.165) is 12.8 Å². The number of amides is 2. The van der Waals surface area contributed by atoms with Gasteiger partial charge in [-0.15, -0.1) is 0 Å². The topological polar surface area (TPSA) is 40.6 Å². The van der Waals surface area contributed by atoms with Gasteiger partial charge in [0.15, 0.2) is 0 Å². The minimum Gasteiger partial charge on any atom is -0.339 e. The lowest BCUT2D eigenvalue weighted by Gasteiger charge is -2.33. The Bertz CT molecular complexity index is 579. The normalized spacial score (nSPS) is 16.5. The summed E-state index contributed by atoms with van der Waals surface area (Å²) in [7, 11) is 1.62. The number of carbonyl (C=O) groups is 2. The maximum absolute atomic E-state index is 13.2. The second-order valence-corrected chi connectivity index (χ2v) is 6.06. The fourth-order valence-electron chi connectivity index (χ4n) is 2.63. The first-order chi connectivity index (χ1) is 10.4. The summed E-state index contributed by atoms with van der Waals surface area (Å²) in [5.41, 5.74) is 0.536. The number of anilines is 1. The van der Waals surface area contributed by atoms with Crippen molar-refractivity contribution in [3.63, 3.8) is 0 Å². The molecule has 0 bridgehead atoms. The van der Waals surface area contributed by atoms with E-state index in [-0.39, 0.29) is 29.3 Å². The molecule has 2 rings (SSSR count). The molecule has 0 saturated carbocycles. The zero-order valence-corrected chi connectivity index (χ0v) is 13.6. The van der Waals surface area contributed by atoms with Crippen LogP contribution in [0.15, 0.2) is 18.2 Å². The number of carbonyl (C=O) groups excluding carboxylic acids is 2. The Morgan fingerprint density at radius 1 is 1.45 bits per heavy atom. The molecule has 1 atom stereocenters. The highest BCUT2D eigenvalue weighted by Crippen LogP contribution is 2.23. The van der Waals surface area contributed by atoms with Crippen LogP contribution in [0, 0.1) is 5.82 Å². The van der Waals surface area contributed by atoms with Crippen molar-refractivity contribution < 1.29 is 14.0 Å². The third kappa shape index (κ3) is 3.77.